The first-order chi connectivity index (χ1) is 9.52. The van der Waals surface area contributed by atoms with Crippen molar-refractivity contribution in [2.75, 3.05) is 25.1 Å². The summed E-state index contributed by atoms with van der Waals surface area (Å²) in [4.78, 5) is 28.0. The molecule has 0 aromatic carbocycles. The van der Waals surface area contributed by atoms with Gasteiger partial charge < -0.3 is 9.64 Å². The van der Waals surface area contributed by atoms with Crippen LogP contribution in [0.4, 0.5) is 11.5 Å². The average Bonchev–Trinajstić information content (AvgIpc) is 2.46. The Kier molecular flexibility index (Phi) is 4.16. The van der Waals surface area contributed by atoms with Gasteiger partial charge in [-0.3, -0.25) is 14.9 Å². The van der Waals surface area contributed by atoms with Gasteiger partial charge in [0, 0.05) is 18.7 Å². The molecular formula is C13H17N3O4. The van der Waals surface area contributed by atoms with Crippen LogP contribution in [-0.4, -0.2) is 36.1 Å². The molecule has 0 amide bonds. The van der Waals surface area contributed by atoms with Crippen molar-refractivity contribution in [3.63, 3.8) is 0 Å². The van der Waals surface area contributed by atoms with E-state index >= 15 is 0 Å². The predicted molar refractivity (Wildman–Crippen MR) is 72.6 cm³/mol. The van der Waals surface area contributed by atoms with E-state index in [4.69, 9.17) is 4.74 Å². The lowest BCUT2D eigenvalue weighted by molar-refractivity contribution is -0.385. The molecule has 2 heterocycles. The third kappa shape index (κ3) is 2.87. The number of piperidine rings is 1. The summed E-state index contributed by atoms with van der Waals surface area (Å²) in [5, 5.41) is 10.8. The van der Waals surface area contributed by atoms with Gasteiger partial charge in [-0.15, -0.1) is 0 Å². The van der Waals surface area contributed by atoms with E-state index in [1.54, 1.807) is 13.0 Å². The number of carbonyl (C=O) groups excluding carboxylic acids is 1. The fourth-order valence-electron chi connectivity index (χ4n) is 2.41. The second-order valence-corrected chi connectivity index (χ2v) is 4.87. The summed E-state index contributed by atoms with van der Waals surface area (Å²) >= 11 is 0. The third-order valence-electron chi connectivity index (χ3n) is 3.62. The fourth-order valence-corrected chi connectivity index (χ4v) is 2.41. The van der Waals surface area contributed by atoms with Crippen molar-refractivity contribution in [3.05, 3.63) is 27.9 Å². The van der Waals surface area contributed by atoms with E-state index in [2.05, 4.69) is 4.98 Å². The highest BCUT2D eigenvalue weighted by Crippen LogP contribution is 2.26. The van der Waals surface area contributed by atoms with Crippen LogP contribution in [0.5, 0.6) is 0 Å². The molecule has 0 atom stereocenters. The van der Waals surface area contributed by atoms with Crippen molar-refractivity contribution in [1.29, 1.82) is 0 Å². The molecule has 2 rings (SSSR count). The highest BCUT2D eigenvalue weighted by atomic mass is 16.6. The highest BCUT2D eigenvalue weighted by Gasteiger charge is 2.26. The van der Waals surface area contributed by atoms with Gasteiger partial charge >= 0.3 is 5.97 Å². The molecule has 1 aliphatic rings. The van der Waals surface area contributed by atoms with Gasteiger partial charge in [0.05, 0.1) is 18.0 Å². The number of methoxy groups -OCH3 is 1. The Labute approximate surface area is 116 Å². The summed E-state index contributed by atoms with van der Waals surface area (Å²) in [7, 11) is 1.40. The average molecular weight is 279 g/mol. The molecule has 1 aliphatic heterocycles. The van der Waals surface area contributed by atoms with Crippen LogP contribution in [0.25, 0.3) is 0 Å². The van der Waals surface area contributed by atoms with E-state index in [0.29, 0.717) is 31.5 Å². The number of hydrogen-bond acceptors (Lipinski definition) is 6. The fraction of sp³-hybridized carbons (Fsp3) is 0.538. The van der Waals surface area contributed by atoms with Crippen molar-refractivity contribution < 1.29 is 14.5 Å². The van der Waals surface area contributed by atoms with Gasteiger partial charge in [-0.05, 0) is 25.8 Å². The summed E-state index contributed by atoms with van der Waals surface area (Å²) in [6.07, 6.45) is 2.71. The lowest BCUT2D eigenvalue weighted by Crippen LogP contribution is -2.37. The molecule has 0 bridgehead atoms. The lowest BCUT2D eigenvalue weighted by atomic mass is 9.97. The van der Waals surface area contributed by atoms with Crippen molar-refractivity contribution in [2.24, 2.45) is 5.92 Å². The molecule has 0 radical (unpaired) electrons. The van der Waals surface area contributed by atoms with Crippen LogP contribution in [0.2, 0.25) is 0 Å². The van der Waals surface area contributed by atoms with Crippen LogP contribution < -0.4 is 4.90 Å². The number of anilines is 1. The van der Waals surface area contributed by atoms with E-state index in [1.165, 1.54) is 13.3 Å². The number of esters is 1. The molecular weight excluding hydrogens is 262 g/mol. The minimum absolute atomic E-state index is 0.0261. The van der Waals surface area contributed by atoms with Crippen molar-refractivity contribution in [1.82, 2.24) is 4.98 Å². The van der Waals surface area contributed by atoms with Crippen LogP contribution in [-0.2, 0) is 9.53 Å². The Balaban J connectivity index is 2.06. The van der Waals surface area contributed by atoms with Crippen molar-refractivity contribution in [2.45, 2.75) is 19.8 Å². The molecule has 1 fully saturated rings. The van der Waals surface area contributed by atoms with E-state index in [0.717, 1.165) is 5.82 Å². The molecule has 1 aromatic rings. The number of nitro groups is 1. The van der Waals surface area contributed by atoms with Crippen LogP contribution in [0.3, 0.4) is 0 Å². The number of hydrogen-bond donors (Lipinski definition) is 0. The quantitative estimate of drug-likeness (QED) is 0.475. The molecule has 20 heavy (non-hydrogen) atoms. The predicted octanol–water partition coefficient (Wildman–Crippen LogP) is 1.69. The molecule has 7 heteroatoms. The molecule has 7 nitrogen and oxygen atoms in total. The SMILES string of the molecule is COC(=O)C1CCN(c2cc(C)c([N+](=O)[O-])cn2)CC1. The van der Waals surface area contributed by atoms with Gasteiger partial charge in [0.25, 0.3) is 5.69 Å². The zero-order valence-electron chi connectivity index (χ0n) is 11.5. The monoisotopic (exact) mass is 279 g/mol. The first-order valence-electron chi connectivity index (χ1n) is 6.46. The van der Waals surface area contributed by atoms with Gasteiger partial charge in [0.15, 0.2) is 0 Å². The number of nitrogens with zero attached hydrogens (tertiary/aromatic N) is 3. The topological polar surface area (TPSA) is 85.6 Å². The number of pyridine rings is 1. The van der Waals surface area contributed by atoms with Gasteiger partial charge in [-0.1, -0.05) is 0 Å². The second-order valence-electron chi connectivity index (χ2n) is 4.87. The van der Waals surface area contributed by atoms with Gasteiger partial charge in [-0.25, -0.2) is 4.98 Å². The van der Waals surface area contributed by atoms with Crippen LogP contribution in [0.15, 0.2) is 12.3 Å². The molecule has 0 aliphatic carbocycles. The standard InChI is InChI=1S/C13H17N3O4/c1-9-7-12(14-8-11(9)16(18)19)15-5-3-10(4-6-15)13(17)20-2/h7-8,10H,3-6H2,1-2H3. The summed E-state index contributed by atoms with van der Waals surface area (Å²) < 4.78 is 4.74. The minimum Gasteiger partial charge on any atom is -0.469 e. The largest absolute Gasteiger partial charge is 0.469 e. The summed E-state index contributed by atoms with van der Waals surface area (Å²) in [6, 6.07) is 1.72. The maximum atomic E-state index is 11.5. The Morgan fingerprint density at radius 1 is 1.50 bits per heavy atom. The van der Waals surface area contributed by atoms with E-state index in [9.17, 15) is 14.9 Å². The van der Waals surface area contributed by atoms with Gasteiger partial charge in [-0.2, -0.15) is 0 Å². The van der Waals surface area contributed by atoms with Crippen molar-refractivity contribution >= 4 is 17.5 Å². The normalized spacial score (nSPS) is 16.0. The third-order valence-corrected chi connectivity index (χ3v) is 3.62. The highest BCUT2D eigenvalue weighted by molar-refractivity contribution is 5.72. The first kappa shape index (κ1) is 14.2. The Hall–Kier alpha value is -2.18. The zero-order chi connectivity index (χ0) is 14.7. The van der Waals surface area contributed by atoms with Gasteiger partial charge in [0.2, 0.25) is 0 Å². The summed E-state index contributed by atoms with van der Waals surface area (Å²) in [5.74, 6) is 0.490. The second kappa shape index (κ2) is 5.85. The molecule has 0 saturated carbocycles. The first-order valence-corrected chi connectivity index (χ1v) is 6.46. The zero-order valence-corrected chi connectivity index (χ0v) is 11.5. The molecule has 0 N–H and O–H groups in total. The summed E-state index contributed by atoms with van der Waals surface area (Å²) in [5.41, 5.74) is 0.619. The van der Waals surface area contributed by atoms with Gasteiger partial charge in [0.1, 0.15) is 12.0 Å². The number of aromatic nitrogens is 1. The summed E-state index contributed by atoms with van der Waals surface area (Å²) in [6.45, 7) is 3.10. The lowest BCUT2D eigenvalue weighted by Gasteiger charge is -2.31. The minimum atomic E-state index is -0.435. The molecule has 1 saturated heterocycles. The van der Waals surface area contributed by atoms with Crippen LogP contribution in [0.1, 0.15) is 18.4 Å². The maximum absolute atomic E-state index is 11.5. The van der Waals surface area contributed by atoms with Crippen molar-refractivity contribution in [3.8, 4) is 0 Å². The molecule has 1 aromatic heterocycles. The Morgan fingerprint density at radius 3 is 2.65 bits per heavy atom. The maximum Gasteiger partial charge on any atom is 0.308 e. The van der Waals surface area contributed by atoms with Crippen LogP contribution >= 0.6 is 0 Å². The molecule has 108 valence electrons. The molecule has 0 spiro atoms. The smallest absolute Gasteiger partial charge is 0.308 e. The van der Waals surface area contributed by atoms with Crippen LogP contribution in [0, 0.1) is 23.0 Å². The van der Waals surface area contributed by atoms with E-state index in [-0.39, 0.29) is 17.6 Å². The number of rotatable bonds is 3. The van der Waals surface area contributed by atoms with E-state index in [1.807, 2.05) is 4.90 Å². The molecule has 0 unspecified atom stereocenters. The van der Waals surface area contributed by atoms with E-state index < -0.39 is 4.92 Å². The number of aryl methyl sites for hydroxylation is 1. The Morgan fingerprint density at radius 2 is 2.15 bits per heavy atom. The Bertz CT molecular complexity index is 524. The number of carbonyl (C=O) groups is 1. The number of ether oxygens (including phenoxy) is 1.